The summed E-state index contributed by atoms with van der Waals surface area (Å²) in [4.78, 5) is 26.1. The van der Waals surface area contributed by atoms with Gasteiger partial charge in [0, 0.05) is 31.5 Å². The van der Waals surface area contributed by atoms with Gasteiger partial charge in [0.1, 0.15) is 0 Å². The molecule has 3 rings (SSSR count). The van der Waals surface area contributed by atoms with Crippen LogP contribution in [0.25, 0.3) is 0 Å². The highest BCUT2D eigenvalue weighted by Crippen LogP contribution is 2.45. The molecule has 1 fully saturated rings. The van der Waals surface area contributed by atoms with Crippen LogP contribution in [0.5, 0.6) is 0 Å². The Morgan fingerprint density at radius 3 is 2.25 bits per heavy atom. The first-order valence-electron chi connectivity index (χ1n) is 8.20. The summed E-state index contributed by atoms with van der Waals surface area (Å²) < 4.78 is 29.3. The van der Waals surface area contributed by atoms with Gasteiger partial charge in [-0.15, -0.1) is 0 Å². The van der Waals surface area contributed by atoms with E-state index in [0.29, 0.717) is 11.1 Å². The van der Waals surface area contributed by atoms with E-state index < -0.39 is 35.0 Å². The minimum absolute atomic E-state index is 0.0198. The van der Waals surface area contributed by atoms with Gasteiger partial charge in [0.2, 0.25) is 0 Å². The zero-order chi connectivity index (χ0) is 17.7. The molecular formula is C18H22F2N2O2. The molecule has 6 heteroatoms. The lowest BCUT2D eigenvalue weighted by Gasteiger charge is -2.46. The number of benzene rings is 1. The van der Waals surface area contributed by atoms with Gasteiger partial charge in [-0.25, -0.2) is 8.78 Å². The highest BCUT2D eigenvalue weighted by molar-refractivity contribution is 6.21. The number of carbonyl (C=O) groups excluding carboxylic acids is 2. The molecule has 2 aliphatic rings. The normalized spacial score (nSPS) is 26.6. The van der Waals surface area contributed by atoms with Crippen LogP contribution in [0, 0.1) is 17.3 Å². The third-order valence-electron chi connectivity index (χ3n) is 5.31. The van der Waals surface area contributed by atoms with Gasteiger partial charge in [-0.05, 0) is 17.5 Å². The summed E-state index contributed by atoms with van der Waals surface area (Å²) in [5.74, 6) is -5.36. The van der Waals surface area contributed by atoms with Crippen molar-refractivity contribution in [3.63, 3.8) is 0 Å². The summed E-state index contributed by atoms with van der Waals surface area (Å²) in [7, 11) is 0. The van der Waals surface area contributed by atoms with E-state index in [-0.39, 0.29) is 19.6 Å². The Balaban J connectivity index is 1.85. The lowest BCUT2D eigenvalue weighted by Crippen LogP contribution is -2.58. The lowest BCUT2D eigenvalue weighted by molar-refractivity contribution is -0.154. The van der Waals surface area contributed by atoms with Crippen molar-refractivity contribution in [1.29, 1.82) is 0 Å². The van der Waals surface area contributed by atoms with Gasteiger partial charge in [-0.1, -0.05) is 32.9 Å². The summed E-state index contributed by atoms with van der Waals surface area (Å²) in [6.45, 7) is 5.36. The Kier molecular flexibility index (Phi) is 3.98. The van der Waals surface area contributed by atoms with E-state index in [0.717, 1.165) is 4.90 Å². The Morgan fingerprint density at radius 2 is 1.71 bits per heavy atom. The fourth-order valence-electron chi connectivity index (χ4n) is 3.76. The largest absolute Gasteiger partial charge is 0.316 e. The van der Waals surface area contributed by atoms with Crippen molar-refractivity contribution in [1.82, 2.24) is 10.2 Å². The number of nitrogens with zero attached hydrogens (tertiary/aromatic N) is 1. The van der Waals surface area contributed by atoms with Crippen LogP contribution in [-0.4, -0.2) is 42.3 Å². The third kappa shape index (κ3) is 2.53. The molecule has 0 radical (unpaired) electrons. The van der Waals surface area contributed by atoms with Crippen LogP contribution in [0.1, 0.15) is 41.5 Å². The maximum Gasteiger partial charge on any atom is 0.261 e. The van der Waals surface area contributed by atoms with Crippen LogP contribution in [0.15, 0.2) is 24.3 Å². The van der Waals surface area contributed by atoms with E-state index in [1.54, 1.807) is 38.1 Å². The van der Waals surface area contributed by atoms with E-state index in [1.165, 1.54) is 6.92 Å². The Bertz CT molecular complexity index is 652. The van der Waals surface area contributed by atoms with Crippen LogP contribution in [0.3, 0.4) is 0 Å². The summed E-state index contributed by atoms with van der Waals surface area (Å²) in [5, 5.41) is 3.04. The summed E-state index contributed by atoms with van der Waals surface area (Å²) in [5.41, 5.74) is -0.209. The molecular weight excluding hydrogens is 314 g/mol. The maximum absolute atomic E-state index is 14.7. The maximum atomic E-state index is 14.7. The van der Waals surface area contributed by atoms with Crippen molar-refractivity contribution >= 4 is 11.8 Å². The van der Waals surface area contributed by atoms with E-state index in [1.807, 2.05) is 0 Å². The number of rotatable bonds is 3. The van der Waals surface area contributed by atoms with Crippen LogP contribution < -0.4 is 5.32 Å². The minimum Gasteiger partial charge on any atom is -0.316 e. The van der Waals surface area contributed by atoms with Gasteiger partial charge in [-0.3, -0.25) is 14.5 Å². The number of fused-ring (bicyclic) bond motifs is 1. The molecule has 0 aliphatic carbocycles. The van der Waals surface area contributed by atoms with E-state index in [4.69, 9.17) is 0 Å². The van der Waals surface area contributed by atoms with Gasteiger partial charge >= 0.3 is 0 Å². The van der Waals surface area contributed by atoms with Crippen LogP contribution >= 0.6 is 0 Å². The first kappa shape index (κ1) is 17.0. The number of hydrogen-bond acceptors (Lipinski definition) is 3. The third-order valence-corrected chi connectivity index (χ3v) is 5.31. The molecule has 2 unspecified atom stereocenters. The van der Waals surface area contributed by atoms with E-state index in [9.17, 15) is 18.4 Å². The Hall–Kier alpha value is -1.82. The molecule has 0 saturated carbocycles. The molecule has 1 saturated heterocycles. The first-order valence-corrected chi connectivity index (χ1v) is 8.20. The first-order chi connectivity index (χ1) is 11.2. The molecule has 0 bridgehead atoms. The highest BCUT2D eigenvalue weighted by atomic mass is 19.3. The van der Waals surface area contributed by atoms with Crippen molar-refractivity contribution in [2.45, 2.75) is 26.7 Å². The zero-order valence-electron chi connectivity index (χ0n) is 14.1. The molecule has 24 heavy (non-hydrogen) atoms. The van der Waals surface area contributed by atoms with Crippen molar-refractivity contribution in [2.24, 2.45) is 17.3 Å². The number of amides is 2. The average Bonchev–Trinajstić information content (AvgIpc) is 2.75. The van der Waals surface area contributed by atoms with Crippen LogP contribution in [0.4, 0.5) is 8.78 Å². The molecule has 2 aliphatic heterocycles. The SMILES string of the molecule is CC1CNCC(C(C)(C)CN2C(=O)c3ccccc3C2=O)C1(F)F. The number of nitrogens with one attached hydrogen (secondary N) is 1. The van der Waals surface area contributed by atoms with Gasteiger partial charge in [-0.2, -0.15) is 0 Å². The van der Waals surface area contributed by atoms with Gasteiger partial charge in [0.05, 0.1) is 11.1 Å². The Morgan fingerprint density at radius 1 is 1.17 bits per heavy atom. The molecule has 0 aromatic heterocycles. The molecule has 1 aromatic rings. The summed E-state index contributed by atoms with van der Waals surface area (Å²) >= 11 is 0. The average molecular weight is 336 g/mol. The van der Waals surface area contributed by atoms with Gasteiger partial charge in [0.25, 0.3) is 17.7 Å². The van der Waals surface area contributed by atoms with Crippen LogP contribution in [-0.2, 0) is 0 Å². The molecule has 2 amide bonds. The molecule has 1 N–H and O–H groups in total. The van der Waals surface area contributed by atoms with Crippen molar-refractivity contribution in [2.75, 3.05) is 19.6 Å². The second-order valence-corrected chi connectivity index (χ2v) is 7.52. The number of alkyl halides is 2. The van der Waals surface area contributed by atoms with Crippen molar-refractivity contribution in [3.05, 3.63) is 35.4 Å². The second-order valence-electron chi connectivity index (χ2n) is 7.52. The molecule has 1 aromatic carbocycles. The topological polar surface area (TPSA) is 49.4 Å². The number of halogens is 2. The summed E-state index contributed by atoms with van der Waals surface area (Å²) in [6, 6.07) is 6.59. The number of imide groups is 1. The highest BCUT2D eigenvalue weighted by Gasteiger charge is 2.54. The van der Waals surface area contributed by atoms with Crippen LogP contribution in [0.2, 0.25) is 0 Å². The number of carbonyl (C=O) groups is 2. The van der Waals surface area contributed by atoms with E-state index >= 15 is 0 Å². The second kappa shape index (κ2) is 5.62. The predicted octanol–water partition coefficient (Wildman–Crippen LogP) is 2.80. The Labute approximate surface area is 140 Å². The smallest absolute Gasteiger partial charge is 0.261 e. The molecule has 0 spiro atoms. The van der Waals surface area contributed by atoms with Gasteiger partial charge < -0.3 is 5.32 Å². The van der Waals surface area contributed by atoms with Crippen molar-refractivity contribution in [3.8, 4) is 0 Å². The lowest BCUT2D eigenvalue weighted by atomic mass is 9.70. The van der Waals surface area contributed by atoms with E-state index in [2.05, 4.69) is 5.32 Å². The fraction of sp³-hybridized carbons (Fsp3) is 0.556. The zero-order valence-corrected chi connectivity index (χ0v) is 14.1. The molecule has 2 heterocycles. The molecule has 130 valence electrons. The summed E-state index contributed by atoms with van der Waals surface area (Å²) in [6.07, 6.45) is 0. The standard InChI is InChI=1S/C18H22F2N2O2/c1-11-8-21-9-14(18(11,19)20)17(2,3)10-22-15(23)12-6-4-5-7-13(12)16(22)24/h4-7,11,14,21H,8-10H2,1-3H3. The minimum atomic E-state index is -2.84. The number of hydrogen-bond donors (Lipinski definition) is 1. The van der Waals surface area contributed by atoms with Crippen molar-refractivity contribution < 1.29 is 18.4 Å². The number of piperidine rings is 1. The van der Waals surface area contributed by atoms with Gasteiger partial charge in [0.15, 0.2) is 0 Å². The monoisotopic (exact) mass is 336 g/mol. The fourth-order valence-corrected chi connectivity index (χ4v) is 3.76. The quantitative estimate of drug-likeness (QED) is 0.864. The molecule has 2 atom stereocenters. The molecule has 4 nitrogen and oxygen atoms in total. The predicted molar refractivity (Wildman–Crippen MR) is 86.1 cm³/mol.